The van der Waals surface area contributed by atoms with Crippen molar-refractivity contribution in [2.24, 2.45) is 5.73 Å². The normalized spacial score (nSPS) is 12.8. The summed E-state index contributed by atoms with van der Waals surface area (Å²) in [4.78, 5) is 4.35. The molecule has 0 saturated heterocycles. The Morgan fingerprint density at radius 3 is 3.07 bits per heavy atom. The van der Waals surface area contributed by atoms with E-state index in [-0.39, 0.29) is 12.6 Å². The summed E-state index contributed by atoms with van der Waals surface area (Å²) in [6.07, 6.45) is 1.70. The van der Waals surface area contributed by atoms with Crippen molar-refractivity contribution in [2.45, 2.75) is 25.8 Å². The van der Waals surface area contributed by atoms with E-state index >= 15 is 0 Å². The molecule has 80 valence electrons. The molecule has 0 spiro atoms. The van der Waals surface area contributed by atoms with Gasteiger partial charge in [0.25, 0.3) is 0 Å². The lowest BCUT2D eigenvalue weighted by molar-refractivity contribution is 0.272. The molecule has 1 atom stereocenters. The van der Waals surface area contributed by atoms with Crippen molar-refractivity contribution in [3.63, 3.8) is 0 Å². The Labute approximate surface area is 88.2 Å². The van der Waals surface area contributed by atoms with Gasteiger partial charge in [0.1, 0.15) is 0 Å². The minimum atomic E-state index is 0.104. The first-order valence-electron chi connectivity index (χ1n) is 4.82. The van der Waals surface area contributed by atoms with E-state index in [2.05, 4.69) is 10.3 Å². The fourth-order valence-electron chi connectivity index (χ4n) is 1.09. The number of anilines is 1. The van der Waals surface area contributed by atoms with Gasteiger partial charge in [-0.1, -0.05) is 6.92 Å². The molecule has 0 aliphatic carbocycles. The molecule has 0 fully saturated rings. The predicted molar refractivity (Wildman–Crippen MR) is 59.7 cm³/mol. The van der Waals surface area contributed by atoms with Gasteiger partial charge < -0.3 is 16.2 Å². The number of aliphatic hydroxyl groups is 1. The van der Waals surface area contributed by atoms with Crippen molar-refractivity contribution in [2.75, 3.05) is 18.5 Å². The van der Waals surface area contributed by atoms with E-state index in [0.717, 1.165) is 23.7 Å². The molecule has 4 N–H and O–H groups in total. The highest BCUT2D eigenvalue weighted by atomic mass is 32.1. The number of thiazole rings is 1. The first-order chi connectivity index (χ1) is 6.80. The quantitative estimate of drug-likeness (QED) is 0.657. The maximum atomic E-state index is 8.99. The molecule has 4 nitrogen and oxygen atoms in total. The van der Waals surface area contributed by atoms with Gasteiger partial charge in [0.15, 0.2) is 5.13 Å². The lowest BCUT2D eigenvalue weighted by Crippen LogP contribution is -2.22. The van der Waals surface area contributed by atoms with Crippen molar-refractivity contribution in [3.05, 3.63) is 11.1 Å². The maximum Gasteiger partial charge on any atom is 0.183 e. The molecule has 0 aliphatic rings. The van der Waals surface area contributed by atoms with Crippen molar-refractivity contribution in [1.29, 1.82) is 0 Å². The summed E-state index contributed by atoms with van der Waals surface area (Å²) in [7, 11) is 0. The summed E-state index contributed by atoms with van der Waals surface area (Å²) < 4.78 is 0. The third-order valence-corrected chi connectivity index (χ3v) is 2.82. The van der Waals surface area contributed by atoms with Gasteiger partial charge in [0, 0.05) is 11.8 Å². The lowest BCUT2D eigenvalue weighted by Gasteiger charge is -2.11. The smallest absolute Gasteiger partial charge is 0.183 e. The Balaban J connectivity index is 2.49. The van der Waals surface area contributed by atoms with Crippen molar-refractivity contribution in [1.82, 2.24) is 4.98 Å². The van der Waals surface area contributed by atoms with Crippen LogP contribution in [0.1, 0.15) is 19.0 Å². The van der Waals surface area contributed by atoms with Crippen LogP contribution in [-0.2, 0) is 6.42 Å². The molecular formula is C9H17N3OS. The number of aliphatic hydroxyl groups excluding tert-OH is 1. The van der Waals surface area contributed by atoms with Crippen LogP contribution in [0.4, 0.5) is 5.13 Å². The lowest BCUT2D eigenvalue weighted by atomic mass is 10.2. The van der Waals surface area contributed by atoms with Crippen LogP contribution < -0.4 is 11.1 Å². The van der Waals surface area contributed by atoms with Crippen molar-refractivity contribution >= 4 is 16.5 Å². The number of hydrogen-bond donors (Lipinski definition) is 3. The highest BCUT2D eigenvalue weighted by Crippen LogP contribution is 2.16. The van der Waals surface area contributed by atoms with Crippen LogP contribution in [0.2, 0.25) is 0 Å². The molecule has 1 heterocycles. The van der Waals surface area contributed by atoms with Gasteiger partial charge in [-0.15, -0.1) is 11.3 Å². The standard InChI is InChI=1S/C9H17N3OS/c1-2-7(5-13)11-9-12-8(3-4-10)6-14-9/h6-7,13H,2-5,10H2,1H3,(H,11,12). The molecule has 1 aromatic heterocycles. The minimum Gasteiger partial charge on any atom is -0.394 e. The van der Waals surface area contributed by atoms with Crippen LogP contribution in [0.15, 0.2) is 5.38 Å². The molecule has 1 aromatic rings. The van der Waals surface area contributed by atoms with Gasteiger partial charge in [-0.3, -0.25) is 0 Å². The number of nitrogens with zero attached hydrogens (tertiary/aromatic N) is 1. The summed E-state index contributed by atoms with van der Waals surface area (Å²) in [6, 6.07) is 0.104. The van der Waals surface area contributed by atoms with Gasteiger partial charge in [-0.2, -0.15) is 0 Å². The van der Waals surface area contributed by atoms with Crippen molar-refractivity contribution < 1.29 is 5.11 Å². The van der Waals surface area contributed by atoms with Crippen LogP contribution in [0.25, 0.3) is 0 Å². The van der Waals surface area contributed by atoms with Crippen LogP contribution in [0, 0.1) is 0 Å². The van der Waals surface area contributed by atoms with Crippen LogP contribution in [0.5, 0.6) is 0 Å². The largest absolute Gasteiger partial charge is 0.394 e. The van der Waals surface area contributed by atoms with E-state index in [4.69, 9.17) is 10.8 Å². The number of hydrogen-bond acceptors (Lipinski definition) is 5. The van der Waals surface area contributed by atoms with E-state index < -0.39 is 0 Å². The van der Waals surface area contributed by atoms with E-state index in [1.165, 1.54) is 0 Å². The van der Waals surface area contributed by atoms with E-state index in [0.29, 0.717) is 6.54 Å². The Bertz CT molecular complexity index is 260. The molecule has 0 saturated carbocycles. The fraction of sp³-hybridized carbons (Fsp3) is 0.667. The average molecular weight is 215 g/mol. The van der Waals surface area contributed by atoms with Crippen LogP contribution >= 0.6 is 11.3 Å². The Kier molecular flexibility index (Phi) is 4.86. The van der Waals surface area contributed by atoms with E-state index in [9.17, 15) is 0 Å². The summed E-state index contributed by atoms with van der Waals surface area (Å²) in [6.45, 7) is 2.80. The van der Waals surface area contributed by atoms with Crippen LogP contribution in [0.3, 0.4) is 0 Å². The average Bonchev–Trinajstić information content (AvgIpc) is 2.63. The second-order valence-corrected chi connectivity index (χ2v) is 3.97. The van der Waals surface area contributed by atoms with Gasteiger partial charge in [-0.05, 0) is 13.0 Å². The minimum absolute atomic E-state index is 0.104. The number of nitrogens with two attached hydrogens (primary N) is 1. The third kappa shape index (κ3) is 3.25. The van der Waals surface area contributed by atoms with E-state index in [1.807, 2.05) is 12.3 Å². The zero-order valence-corrected chi connectivity index (χ0v) is 9.18. The highest BCUT2D eigenvalue weighted by Gasteiger charge is 2.06. The second kappa shape index (κ2) is 5.95. The van der Waals surface area contributed by atoms with E-state index in [1.54, 1.807) is 11.3 Å². The molecule has 1 unspecified atom stereocenters. The highest BCUT2D eigenvalue weighted by molar-refractivity contribution is 7.13. The number of aromatic nitrogens is 1. The summed E-state index contributed by atoms with van der Waals surface area (Å²) >= 11 is 1.56. The monoisotopic (exact) mass is 215 g/mol. The fourth-order valence-corrected chi connectivity index (χ4v) is 1.91. The Morgan fingerprint density at radius 2 is 2.50 bits per heavy atom. The molecule has 0 aliphatic heterocycles. The van der Waals surface area contributed by atoms with Crippen molar-refractivity contribution in [3.8, 4) is 0 Å². The zero-order valence-electron chi connectivity index (χ0n) is 8.36. The molecule has 0 radical (unpaired) electrons. The molecule has 0 bridgehead atoms. The predicted octanol–water partition coefficient (Wildman–Crippen LogP) is 0.827. The first-order valence-corrected chi connectivity index (χ1v) is 5.70. The third-order valence-electron chi connectivity index (χ3n) is 1.99. The second-order valence-electron chi connectivity index (χ2n) is 3.11. The van der Waals surface area contributed by atoms with Gasteiger partial charge in [-0.25, -0.2) is 4.98 Å². The van der Waals surface area contributed by atoms with Gasteiger partial charge >= 0.3 is 0 Å². The Morgan fingerprint density at radius 1 is 1.71 bits per heavy atom. The molecule has 1 rings (SSSR count). The molecule has 14 heavy (non-hydrogen) atoms. The summed E-state index contributed by atoms with van der Waals surface area (Å²) in [5.74, 6) is 0. The number of nitrogens with one attached hydrogen (secondary N) is 1. The SMILES string of the molecule is CCC(CO)Nc1nc(CCN)cs1. The van der Waals surface area contributed by atoms with Crippen LogP contribution in [-0.4, -0.2) is 29.3 Å². The zero-order chi connectivity index (χ0) is 10.4. The first kappa shape index (κ1) is 11.4. The summed E-state index contributed by atoms with van der Waals surface area (Å²) in [5, 5.41) is 15.0. The number of rotatable bonds is 6. The molecule has 0 amide bonds. The van der Waals surface area contributed by atoms with Gasteiger partial charge in [0.2, 0.25) is 0 Å². The summed E-state index contributed by atoms with van der Waals surface area (Å²) in [5.41, 5.74) is 6.45. The molecule has 0 aromatic carbocycles. The van der Waals surface area contributed by atoms with Gasteiger partial charge in [0.05, 0.1) is 18.3 Å². The maximum absolute atomic E-state index is 8.99. The molecular weight excluding hydrogens is 198 g/mol. The topological polar surface area (TPSA) is 71.2 Å². The Hall–Kier alpha value is -0.650. The molecule has 5 heteroatoms.